The van der Waals surface area contributed by atoms with Crippen molar-refractivity contribution in [2.45, 2.75) is 44.1 Å². The van der Waals surface area contributed by atoms with Crippen LogP contribution in [0.5, 0.6) is 0 Å². The molecule has 1 fully saturated rings. The van der Waals surface area contributed by atoms with Gasteiger partial charge in [0.25, 0.3) is 5.91 Å². The molecule has 0 aromatic heterocycles. The molecule has 0 aliphatic heterocycles. The van der Waals surface area contributed by atoms with Crippen LogP contribution >= 0.6 is 0 Å². The van der Waals surface area contributed by atoms with E-state index in [4.69, 9.17) is 5.26 Å². The molecule has 1 aliphatic rings. The Morgan fingerprint density at radius 1 is 1.32 bits per heavy atom. The number of likely N-dealkylation sites (N-methyl/N-ethyl adjacent to an activating group) is 1. The quantitative estimate of drug-likeness (QED) is 0.926. The molecule has 0 bridgehead atoms. The van der Waals surface area contributed by atoms with Crippen LogP contribution in [-0.2, 0) is 11.2 Å². The van der Waals surface area contributed by atoms with E-state index in [9.17, 15) is 14.7 Å². The zero-order valence-corrected chi connectivity index (χ0v) is 12.7. The maximum atomic E-state index is 12.7. The highest BCUT2D eigenvalue weighted by atomic mass is 16.4. The van der Waals surface area contributed by atoms with Crippen molar-refractivity contribution in [3.05, 3.63) is 35.4 Å². The Kier molecular flexibility index (Phi) is 4.81. The third kappa shape index (κ3) is 2.96. The van der Waals surface area contributed by atoms with E-state index < -0.39 is 11.5 Å². The highest BCUT2D eigenvalue weighted by molar-refractivity contribution is 5.97. The minimum absolute atomic E-state index is 0.231. The Bertz CT molecular complexity index is 613. The SMILES string of the molecule is CN(C(=O)c1cccc(CC#N)c1)C1(C(=O)O)CCCCC1. The van der Waals surface area contributed by atoms with E-state index >= 15 is 0 Å². The number of amides is 1. The standard InChI is InChI=1S/C17H20N2O3/c1-19(17(16(21)22)9-3-2-4-10-17)15(20)14-7-5-6-13(12-14)8-11-18/h5-7,12H,2-4,8-10H2,1H3,(H,21,22). The topological polar surface area (TPSA) is 81.4 Å². The molecule has 116 valence electrons. The first-order chi connectivity index (χ1) is 10.5. The maximum Gasteiger partial charge on any atom is 0.329 e. The van der Waals surface area contributed by atoms with E-state index in [-0.39, 0.29) is 12.3 Å². The lowest BCUT2D eigenvalue weighted by molar-refractivity contribution is -0.151. The summed E-state index contributed by atoms with van der Waals surface area (Å²) in [6, 6.07) is 8.89. The molecule has 1 aliphatic carbocycles. The van der Waals surface area contributed by atoms with Crippen LogP contribution in [0.2, 0.25) is 0 Å². The summed E-state index contributed by atoms with van der Waals surface area (Å²) in [6.45, 7) is 0. The van der Waals surface area contributed by atoms with Crippen molar-refractivity contribution in [1.29, 1.82) is 5.26 Å². The average Bonchev–Trinajstić information content (AvgIpc) is 2.54. The summed E-state index contributed by atoms with van der Waals surface area (Å²) < 4.78 is 0. The highest BCUT2D eigenvalue weighted by Crippen LogP contribution is 2.34. The second-order valence-corrected chi connectivity index (χ2v) is 5.80. The van der Waals surface area contributed by atoms with Crippen LogP contribution in [0.15, 0.2) is 24.3 Å². The molecule has 5 heteroatoms. The molecule has 0 spiro atoms. The molecule has 0 unspecified atom stereocenters. The number of nitrogens with zero attached hydrogens (tertiary/aromatic N) is 2. The largest absolute Gasteiger partial charge is 0.479 e. The molecule has 0 atom stereocenters. The van der Waals surface area contributed by atoms with Gasteiger partial charge in [-0.25, -0.2) is 4.79 Å². The van der Waals surface area contributed by atoms with E-state index in [1.54, 1.807) is 31.3 Å². The van der Waals surface area contributed by atoms with Gasteiger partial charge in [0.1, 0.15) is 5.54 Å². The fourth-order valence-corrected chi connectivity index (χ4v) is 3.12. The molecule has 0 radical (unpaired) electrons. The first kappa shape index (κ1) is 16.0. The van der Waals surface area contributed by atoms with Gasteiger partial charge in [0.2, 0.25) is 0 Å². The Morgan fingerprint density at radius 3 is 2.59 bits per heavy atom. The molecule has 22 heavy (non-hydrogen) atoms. The lowest BCUT2D eigenvalue weighted by Crippen LogP contribution is -2.56. The fourth-order valence-electron chi connectivity index (χ4n) is 3.12. The second kappa shape index (κ2) is 6.61. The summed E-state index contributed by atoms with van der Waals surface area (Å²) in [6.07, 6.45) is 3.85. The maximum absolute atomic E-state index is 12.7. The lowest BCUT2D eigenvalue weighted by atomic mass is 9.80. The number of nitriles is 1. The molecule has 5 nitrogen and oxygen atoms in total. The van der Waals surface area contributed by atoms with Gasteiger partial charge in [-0.1, -0.05) is 31.4 Å². The zero-order valence-electron chi connectivity index (χ0n) is 12.7. The zero-order chi connectivity index (χ0) is 16.2. The monoisotopic (exact) mass is 300 g/mol. The third-order valence-electron chi connectivity index (χ3n) is 4.48. The summed E-state index contributed by atoms with van der Waals surface area (Å²) in [5.41, 5.74) is 0.0804. The molecule has 0 saturated heterocycles. The minimum Gasteiger partial charge on any atom is -0.479 e. The van der Waals surface area contributed by atoms with Gasteiger partial charge in [0.05, 0.1) is 12.5 Å². The van der Waals surface area contributed by atoms with E-state index in [1.807, 2.05) is 6.07 Å². The lowest BCUT2D eigenvalue weighted by Gasteiger charge is -2.41. The van der Waals surface area contributed by atoms with Gasteiger partial charge in [-0.15, -0.1) is 0 Å². The van der Waals surface area contributed by atoms with Crippen LogP contribution in [0.4, 0.5) is 0 Å². The first-order valence-electron chi connectivity index (χ1n) is 7.49. The Labute approximate surface area is 130 Å². The second-order valence-electron chi connectivity index (χ2n) is 5.80. The molecule has 0 heterocycles. The van der Waals surface area contributed by atoms with Crippen molar-refractivity contribution in [2.75, 3.05) is 7.05 Å². The Hall–Kier alpha value is -2.35. The first-order valence-corrected chi connectivity index (χ1v) is 7.49. The van der Waals surface area contributed by atoms with Gasteiger partial charge < -0.3 is 10.0 Å². The normalized spacial score (nSPS) is 16.5. The van der Waals surface area contributed by atoms with Crippen LogP contribution in [0.3, 0.4) is 0 Å². The van der Waals surface area contributed by atoms with Crippen LogP contribution < -0.4 is 0 Å². The minimum atomic E-state index is -1.11. The predicted molar refractivity (Wildman–Crippen MR) is 81.3 cm³/mol. The molecular formula is C17H20N2O3. The molecular weight excluding hydrogens is 280 g/mol. The Morgan fingerprint density at radius 2 is 2.00 bits per heavy atom. The summed E-state index contributed by atoms with van der Waals surface area (Å²) in [4.78, 5) is 25.9. The predicted octanol–water partition coefficient (Wildman–Crippen LogP) is 2.61. The van der Waals surface area contributed by atoms with Crippen molar-refractivity contribution < 1.29 is 14.7 Å². The number of benzene rings is 1. The van der Waals surface area contributed by atoms with Crippen molar-refractivity contribution in [3.63, 3.8) is 0 Å². The van der Waals surface area contributed by atoms with Gasteiger partial charge in [-0.3, -0.25) is 4.79 Å². The molecule has 2 rings (SSSR count). The molecule has 1 N–H and O–H groups in total. The van der Waals surface area contributed by atoms with Gasteiger partial charge in [-0.2, -0.15) is 5.26 Å². The van der Waals surface area contributed by atoms with Crippen molar-refractivity contribution in [1.82, 2.24) is 4.90 Å². The van der Waals surface area contributed by atoms with E-state index in [1.165, 1.54) is 4.90 Å². The number of hydrogen-bond acceptors (Lipinski definition) is 3. The summed E-state index contributed by atoms with van der Waals surface area (Å²) in [7, 11) is 1.57. The van der Waals surface area contributed by atoms with Gasteiger partial charge in [0, 0.05) is 12.6 Å². The van der Waals surface area contributed by atoms with Crippen LogP contribution in [0.1, 0.15) is 48.0 Å². The number of carbonyl (C=O) groups is 2. The average molecular weight is 300 g/mol. The van der Waals surface area contributed by atoms with Crippen molar-refractivity contribution in [2.24, 2.45) is 0 Å². The van der Waals surface area contributed by atoms with E-state index in [0.717, 1.165) is 24.8 Å². The number of rotatable bonds is 4. The molecule has 1 amide bonds. The van der Waals surface area contributed by atoms with Crippen LogP contribution in [-0.4, -0.2) is 34.5 Å². The molecule has 1 saturated carbocycles. The highest BCUT2D eigenvalue weighted by Gasteiger charge is 2.45. The fraction of sp³-hybridized carbons (Fsp3) is 0.471. The molecule has 1 aromatic rings. The van der Waals surface area contributed by atoms with Crippen LogP contribution in [0, 0.1) is 11.3 Å². The van der Waals surface area contributed by atoms with E-state index in [0.29, 0.717) is 18.4 Å². The third-order valence-corrected chi connectivity index (χ3v) is 4.48. The number of carboxylic acids is 1. The van der Waals surface area contributed by atoms with E-state index in [2.05, 4.69) is 0 Å². The van der Waals surface area contributed by atoms with Gasteiger partial charge >= 0.3 is 5.97 Å². The number of carboxylic acid groups (broad SMARTS) is 1. The summed E-state index contributed by atoms with van der Waals surface area (Å²) in [5.74, 6) is -1.24. The van der Waals surface area contributed by atoms with Gasteiger partial charge in [-0.05, 0) is 30.5 Å². The number of aliphatic carboxylic acids is 1. The summed E-state index contributed by atoms with van der Waals surface area (Å²) in [5, 5.41) is 18.4. The summed E-state index contributed by atoms with van der Waals surface area (Å²) >= 11 is 0. The Balaban J connectivity index is 2.29. The smallest absolute Gasteiger partial charge is 0.329 e. The van der Waals surface area contributed by atoms with Crippen molar-refractivity contribution in [3.8, 4) is 6.07 Å². The van der Waals surface area contributed by atoms with Crippen molar-refractivity contribution >= 4 is 11.9 Å². The van der Waals surface area contributed by atoms with Gasteiger partial charge in [0.15, 0.2) is 0 Å². The number of hydrogen-bond donors (Lipinski definition) is 1. The number of carbonyl (C=O) groups excluding carboxylic acids is 1. The van der Waals surface area contributed by atoms with Crippen LogP contribution in [0.25, 0.3) is 0 Å². The molecule has 1 aromatic carbocycles.